The molecule has 0 amide bonds. The number of hydrogen-bond acceptors (Lipinski definition) is 3. The molecular formula is C12H20N2O. The van der Waals surface area contributed by atoms with Crippen molar-refractivity contribution in [3.8, 4) is 0 Å². The summed E-state index contributed by atoms with van der Waals surface area (Å²) < 4.78 is 5.05. The van der Waals surface area contributed by atoms with Gasteiger partial charge in [-0.15, -0.1) is 0 Å². The zero-order valence-electron chi connectivity index (χ0n) is 9.57. The fourth-order valence-corrected chi connectivity index (χ4v) is 1.55. The summed E-state index contributed by atoms with van der Waals surface area (Å²) in [7, 11) is 1.74. The van der Waals surface area contributed by atoms with Gasteiger partial charge in [0.15, 0.2) is 0 Å². The van der Waals surface area contributed by atoms with Gasteiger partial charge in [0.2, 0.25) is 0 Å². The maximum absolute atomic E-state index is 5.65. The SMILES string of the molecule is CCN(CCCOC)c1ccc(N)cc1. The molecule has 1 rings (SSSR count). The van der Waals surface area contributed by atoms with Crippen molar-refractivity contribution in [3.05, 3.63) is 24.3 Å². The topological polar surface area (TPSA) is 38.5 Å². The largest absolute Gasteiger partial charge is 0.399 e. The molecule has 0 saturated heterocycles. The standard InChI is InChI=1S/C12H20N2O/c1-3-14(9-4-10-15-2)12-7-5-11(13)6-8-12/h5-8H,3-4,9-10,13H2,1-2H3. The van der Waals surface area contributed by atoms with Crippen LogP contribution in [0.15, 0.2) is 24.3 Å². The molecule has 0 aromatic heterocycles. The summed E-state index contributed by atoms with van der Waals surface area (Å²) >= 11 is 0. The highest BCUT2D eigenvalue weighted by molar-refractivity contribution is 5.52. The fraction of sp³-hybridized carbons (Fsp3) is 0.500. The molecule has 0 heterocycles. The van der Waals surface area contributed by atoms with Gasteiger partial charge < -0.3 is 15.4 Å². The van der Waals surface area contributed by atoms with Crippen LogP contribution in [0, 0.1) is 0 Å². The predicted molar refractivity (Wildman–Crippen MR) is 65.2 cm³/mol. The first-order valence-corrected chi connectivity index (χ1v) is 5.37. The third-order valence-corrected chi connectivity index (χ3v) is 2.42. The molecule has 3 heteroatoms. The number of methoxy groups -OCH3 is 1. The van der Waals surface area contributed by atoms with Gasteiger partial charge in [0.05, 0.1) is 0 Å². The van der Waals surface area contributed by atoms with Crippen molar-refractivity contribution in [1.82, 2.24) is 0 Å². The van der Waals surface area contributed by atoms with Crippen molar-refractivity contribution in [2.45, 2.75) is 13.3 Å². The zero-order valence-corrected chi connectivity index (χ0v) is 9.57. The molecular weight excluding hydrogens is 188 g/mol. The fourth-order valence-electron chi connectivity index (χ4n) is 1.55. The van der Waals surface area contributed by atoms with Crippen LogP contribution in [0.2, 0.25) is 0 Å². The van der Waals surface area contributed by atoms with Gasteiger partial charge in [-0.25, -0.2) is 0 Å². The molecule has 0 aliphatic carbocycles. The van der Waals surface area contributed by atoms with Gasteiger partial charge in [0.1, 0.15) is 0 Å². The van der Waals surface area contributed by atoms with Crippen molar-refractivity contribution in [1.29, 1.82) is 0 Å². The Morgan fingerprint density at radius 3 is 2.47 bits per heavy atom. The molecule has 0 spiro atoms. The van der Waals surface area contributed by atoms with E-state index < -0.39 is 0 Å². The Hall–Kier alpha value is -1.22. The maximum Gasteiger partial charge on any atom is 0.0479 e. The lowest BCUT2D eigenvalue weighted by atomic mass is 10.2. The summed E-state index contributed by atoms with van der Waals surface area (Å²) in [5.41, 5.74) is 7.69. The number of hydrogen-bond donors (Lipinski definition) is 1. The van der Waals surface area contributed by atoms with E-state index in [-0.39, 0.29) is 0 Å². The average Bonchev–Trinajstić information content (AvgIpc) is 2.26. The van der Waals surface area contributed by atoms with E-state index in [1.54, 1.807) is 7.11 Å². The van der Waals surface area contributed by atoms with E-state index in [1.807, 2.05) is 12.1 Å². The van der Waals surface area contributed by atoms with E-state index in [2.05, 4.69) is 24.0 Å². The minimum Gasteiger partial charge on any atom is -0.399 e. The molecule has 0 atom stereocenters. The van der Waals surface area contributed by atoms with Crippen LogP contribution in [0.3, 0.4) is 0 Å². The van der Waals surface area contributed by atoms with Gasteiger partial charge >= 0.3 is 0 Å². The number of anilines is 2. The summed E-state index contributed by atoms with van der Waals surface area (Å²) in [6.45, 7) is 5.00. The number of nitrogen functional groups attached to an aromatic ring is 1. The number of benzene rings is 1. The molecule has 0 saturated carbocycles. The molecule has 1 aromatic rings. The second-order valence-electron chi connectivity index (χ2n) is 3.52. The Balaban J connectivity index is 2.53. The lowest BCUT2D eigenvalue weighted by molar-refractivity contribution is 0.196. The number of ether oxygens (including phenoxy) is 1. The number of nitrogens with two attached hydrogens (primary N) is 1. The Morgan fingerprint density at radius 2 is 1.93 bits per heavy atom. The maximum atomic E-state index is 5.65. The molecule has 15 heavy (non-hydrogen) atoms. The normalized spacial score (nSPS) is 10.3. The summed E-state index contributed by atoms with van der Waals surface area (Å²) in [5, 5.41) is 0. The molecule has 0 bridgehead atoms. The predicted octanol–water partition coefficient (Wildman–Crippen LogP) is 2.13. The first-order valence-electron chi connectivity index (χ1n) is 5.37. The second-order valence-corrected chi connectivity index (χ2v) is 3.52. The summed E-state index contributed by atoms with van der Waals surface area (Å²) in [6.07, 6.45) is 1.05. The van der Waals surface area contributed by atoms with Crippen LogP contribution in [-0.2, 0) is 4.74 Å². The van der Waals surface area contributed by atoms with Crippen molar-refractivity contribution < 1.29 is 4.74 Å². The van der Waals surface area contributed by atoms with Crippen LogP contribution in [0.4, 0.5) is 11.4 Å². The summed E-state index contributed by atoms with van der Waals surface area (Å²) in [5.74, 6) is 0. The van der Waals surface area contributed by atoms with Gasteiger partial charge in [-0.2, -0.15) is 0 Å². The van der Waals surface area contributed by atoms with Gasteiger partial charge in [0.25, 0.3) is 0 Å². The van der Waals surface area contributed by atoms with E-state index in [4.69, 9.17) is 10.5 Å². The van der Waals surface area contributed by atoms with E-state index in [0.717, 1.165) is 31.8 Å². The molecule has 84 valence electrons. The first-order chi connectivity index (χ1) is 7.27. The molecule has 0 unspecified atom stereocenters. The van der Waals surface area contributed by atoms with E-state index in [1.165, 1.54) is 5.69 Å². The Labute approximate surface area is 91.8 Å². The third kappa shape index (κ3) is 3.80. The second kappa shape index (κ2) is 6.30. The van der Waals surface area contributed by atoms with E-state index in [9.17, 15) is 0 Å². The molecule has 0 aliphatic rings. The summed E-state index contributed by atoms with van der Waals surface area (Å²) in [6, 6.07) is 8.00. The minimum atomic E-state index is 0.811. The van der Waals surface area contributed by atoms with Crippen LogP contribution in [0.1, 0.15) is 13.3 Å². The van der Waals surface area contributed by atoms with Gasteiger partial charge in [-0.05, 0) is 37.6 Å². The van der Waals surface area contributed by atoms with Crippen molar-refractivity contribution in [2.24, 2.45) is 0 Å². The zero-order chi connectivity index (χ0) is 11.1. The van der Waals surface area contributed by atoms with Gasteiger partial charge in [-0.1, -0.05) is 0 Å². The Morgan fingerprint density at radius 1 is 1.27 bits per heavy atom. The number of rotatable bonds is 6. The van der Waals surface area contributed by atoms with Gasteiger partial charge in [-0.3, -0.25) is 0 Å². The lowest BCUT2D eigenvalue weighted by Gasteiger charge is -2.23. The number of nitrogens with zero attached hydrogens (tertiary/aromatic N) is 1. The lowest BCUT2D eigenvalue weighted by Crippen LogP contribution is -2.24. The van der Waals surface area contributed by atoms with Gasteiger partial charge in [0, 0.05) is 38.2 Å². The highest BCUT2D eigenvalue weighted by atomic mass is 16.5. The smallest absolute Gasteiger partial charge is 0.0479 e. The highest BCUT2D eigenvalue weighted by Crippen LogP contribution is 2.16. The molecule has 0 radical (unpaired) electrons. The molecule has 1 aromatic carbocycles. The van der Waals surface area contributed by atoms with Crippen molar-refractivity contribution in [3.63, 3.8) is 0 Å². The van der Waals surface area contributed by atoms with Crippen LogP contribution in [-0.4, -0.2) is 26.8 Å². The average molecular weight is 208 g/mol. The minimum absolute atomic E-state index is 0.811. The molecule has 0 fully saturated rings. The van der Waals surface area contributed by atoms with Crippen molar-refractivity contribution >= 4 is 11.4 Å². The molecule has 3 nitrogen and oxygen atoms in total. The monoisotopic (exact) mass is 208 g/mol. The molecule has 0 aliphatic heterocycles. The highest BCUT2D eigenvalue weighted by Gasteiger charge is 2.02. The van der Waals surface area contributed by atoms with E-state index in [0.29, 0.717) is 0 Å². The van der Waals surface area contributed by atoms with Crippen LogP contribution < -0.4 is 10.6 Å². The Bertz CT molecular complexity index is 271. The third-order valence-electron chi connectivity index (χ3n) is 2.42. The first kappa shape index (κ1) is 11.9. The van der Waals surface area contributed by atoms with E-state index >= 15 is 0 Å². The van der Waals surface area contributed by atoms with Crippen LogP contribution in [0.25, 0.3) is 0 Å². The van der Waals surface area contributed by atoms with Crippen molar-refractivity contribution in [2.75, 3.05) is 37.4 Å². The quantitative estimate of drug-likeness (QED) is 0.575. The molecule has 2 N–H and O–H groups in total. The van der Waals surface area contributed by atoms with Crippen LogP contribution in [0.5, 0.6) is 0 Å². The summed E-state index contributed by atoms with van der Waals surface area (Å²) in [4.78, 5) is 2.32. The Kier molecular flexibility index (Phi) is 4.98. The van der Waals surface area contributed by atoms with Crippen LogP contribution >= 0.6 is 0 Å².